The average Bonchev–Trinajstić information content (AvgIpc) is 2.48. The molecule has 0 radical (unpaired) electrons. The number of ether oxygens (including phenoxy) is 1. The Morgan fingerprint density at radius 1 is 0.833 bits per heavy atom. The van der Waals surface area contributed by atoms with Gasteiger partial charge in [0.15, 0.2) is 5.71 Å². The molecule has 0 amide bonds. The molecule has 3 rings (SSSR count). The lowest BCUT2D eigenvalue weighted by atomic mass is 9.97. The van der Waals surface area contributed by atoms with E-state index in [1.165, 1.54) is 44.8 Å². The van der Waals surface area contributed by atoms with Gasteiger partial charge in [-0.25, -0.2) is 0 Å². The Bertz CT molecular complexity index is 828. The van der Waals surface area contributed by atoms with Gasteiger partial charge in [-0.3, -0.25) is 0 Å². The lowest BCUT2D eigenvalue weighted by Crippen LogP contribution is -2.23. The van der Waals surface area contributed by atoms with Crippen molar-refractivity contribution in [3.8, 4) is 0 Å². The van der Waals surface area contributed by atoms with Gasteiger partial charge in [0.25, 0.3) is 6.73 Å². The third-order valence-electron chi connectivity index (χ3n) is 4.75. The third kappa shape index (κ3) is 2.89. The molecule has 1 aliphatic heterocycles. The first kappa shape index (κ1) is 16.5. The third-order valence-corrected chi connectivity index (χ3v) is 4.75. The van der Waals surface area contributed by atoms with E-state index in [1.54, 1.807) is 0 Å². The maximum Gasteiger partial charge on any atom is 0.292 e. The zero-order valence-electron chi connectivity index (χ0n) is 15.5. The van der Waals surface area contributed by atoms with E-state index in [-0.39, 0.29) is 0 Å². The molecular weight excluding hydrogens is 294 g/mol. The molecule has 1 heterocycles. The Morgan fingerprint density at radius 3 is 1.96 bits per heavy atom. The minimum atomic E-state index is 0.552. The molecule has 0 N–H and O–H groups in total. The van der Waals surface area contributed by atoms with Crippen molar-refractivity contribution >= 4 is 17.2 Å². The topological polar surface area (TPSA) is 12.2 Å². The summed E-state index contributed by atoms with van der Waals surface area (Å²) in [6.07, 6.45) is 2.17. The number of rotatable bonds is 2. The second kappa shape index (κ2) is 6.27. The molecule has 1 aliphatic rings. The van der Waals surface area contributed by atoms with Crippen molar-refractivity contribution < 1.29 is 9.31 Å². The number of nitrogens with zero attached hydrogens (tertiary/aromatic N) is 1. The number of hydrogen-bond donors (Lipinski definition) is 0. The highest BCUT2D eigenvalue weighted by Crippen LogP contribution is 2.30. The van der Waals surface area contributed by atoms with Crippen LogP contribution < -0.4 is 0 Å². The second-order valence-corrected chi connectivity index (χ2v) is 6.87. The summed E-state index contributed by atoms with van der Waals surface area (Å²) < 4.78 is 8.44. The smallest absolute Gasteiger partial charge is 0.292 e. The van der Waals surface area contributed by atoms with Crippen LogP contribution in [0.5, 0.6) is 0 Å². The normalized spacial score (nSPS) is 14.5. The van der Waals surface area contributed by atoms with Gasteiger partial charge in [0.1, 0.15) is 5.76 Å². The average molecular weight is 320 g/mol. The highest BCUT2D eigenvalue weighted by Gasteiger charge is 2.25. The van der Waals surface area contributed by atoms with Crippen molar-refractivity contribution in [2.45, 2.75) is 41.5 Å². The van der Waals surface area contributed by atoms with Crippen molar-refractivity contribution in [3.05, 3.63) is 69.8 Å². The van der Waals surface area contributed by atoms with Crippen molar-refractivity contribution in [1.82, 2.24) is 0 Å². The second-order valence-electron chi connectivity index (χ2n) is 6.87. The Hall–Kier alpha value is -2.35. The summed E-state index contributed by atoms with van der Waals surface area (Å²) in [6, 6.07) is 10.9. The Balaban J connectivity index is 2.10. The molecule has 0 aliphatic carbocycles. The number of benzene rings is 2. The quantitative estimate of drug-likeness (QED) is 0.678. The molecule has 0 atom stereocenters. The van der Waals surface area contributed by atoms with Gasteiger partial charge in [-0.2, -0.15) is 4.58 Å². The van der Waals surface area contributed by atoms with Gasteiger partial charge < -0.3 is 4.74 Å². The maximum absolute atomic E-state index is 6.18. The zero-order chi connectivity index (χ0) is 17.4. The highest BCUT2D eigenvalue weighted by atomic mass is 16.5. The van der Waals surface area contributed by atoms with Crippen LogP contribution in [0.2, 0.25) is 0 Å². The van der Waals surface area contributed by atoms with E-state index in [2.05, 4.69) is 82.5 Å². The fraction of sp³-hybridized carbons (Fsp3) is 0.318. The number of hydrogen-bond acceptors (Lipinski definition) is 1. The monoisotopic (exact) mass is 320 g/mol. The minimum Gasteiger partial charge on any atom is -0.435 e. The maximum atomic E-state index is 6.18. The summed E-state index contributed by atoms with van der Waals surface area (Å²) in [4.78, 5) is 0. The van der Waals surface area contributed by atoms with Crippen LogP contribution in [0, 0.1) is 34.6 Å². The van der Waals surface area contributed by atoms with Crippen LogP contribution in [0.4, 0.5) is 5.69 Å². The van der Waals surface area contributed by atoms with E-state index in [1.807, 2.05) is 0 Å². The van der Waals surface area contributed by atoms with E-state index >= 15 is 0 Å². The zero-order valence-corrected chi connectivity index (χ0v) is 15.5. The summed E-state index contributed by atoms with van der Waals surface area (Å²) in [6.45, 7) is 13.5. The van der Waals surface area contributed by atoms with Gasteiger partial charge in [-0.15, -0.1) is 0 Å². The number of para-hydroxylation sites is 1. The van der Waals surface area contributed by atoms with Crippen LogP contribution in [-0.4, -0.2) is 17.0 Å². The van der Waals surface area contributed by atoms with Gasteiger partial charge in [-0.05, 0) is 45.7 Å². The van der Waals surface area contributed by atoms with E-state index in [0.717, 1.165) is 5.76 Å². The van der Waals surface area contributed by atoms with Gasteiger partial charge in [0, 0.05) is 29.7 Å². The van der Waals surface area contributed by atoms with Crippen LogP contribution in [-0.2, 0) is 4.74 Å². The SMILES string of the molecule is CC1=[N+](c2c(C)cccc2C)COC(c2c(C)cc(C)cc2C)=C1. The molecule has 0 saturated heterocycles. The molecule has 0 fully saturated rings. The van der Waals surface area contributed by atoms with Crippen molar-refractivity contribution in [1.29, 1.82) is 0 Å². The van der Waals surface area contributed by atoms with Crippen LogP contribution in [0.25, 0.3) is 5.76 Å². The molecule has 124 valence electrons. The molecule has 24 heavy (non-hydrogen) atoms. The van der Waals surface area contributed by atoms with Crippen LogP contribution in [0.1, 0.15) is 40.3 Å². The molecule has 0 aromatic heterocycles. The molecule has 0 unspecified atom stereocenters. The van der Waals surface area contributed by atoms with Gasteiger partial charge in [-0.1, -0.05) is 35.9 Å². The summed E-state index contributed by atoms with van der Waals surface area (Å²) in [5.74, 6) is 0.977. The summed E-state index contributed by atoms with van der Waals surface area (Å²) in [7, 11) is 0. The minimum absolute atomic E-state index is 0.552. The largest absolute Gasteiger partial charge is 0.435 e. The predicted octanol–water partition coefficient (Wildman–Crippen LogP) is 5.36. The standard InChI is InChI=1S/C22H26NO/c1-14-10-17(4)21(18(5)11-14)20-12-19(6)23(13-24-20)22-15(2)8-7-9-16(22)3/h7-12H,13H2,1-6H3/q+1. The first-order chi connectivity index (χ1) is 11.4. The van der Waals surface area contributed by atoms with Gasteiger partial charge in [0.2, 0.25) is 5.69 Å². The van der Waals surface area contributed by atoms with Crippen LogP contribution in [0.3, 0.4) is 0 Å². The number of aryl methyl sites for hydroxylation is 5. The predicted molar refractivity (Wildman–Crippen MR) is 101 cm³/mol. The van der Waals surface area contributed by atoms with Gasteiger partial charge in [0.05, 0.1) is 0 Å². The first-order valence-electron chi connectivity index (χ1n) is 8.48. The van der Waals surface area contributed by atoms with E-state index < -0.39 is 0 Å². The number of allylic oxidation sites excluding steroid dienone is 1. The molecule has 0 bridgehead atoms. The summed E-state index contributed by atoms with van der Waals surface area (Å²) in [5, 5.41) is 0. The van der Waals surface area contributed by atoms with E-state index in [4.69, 9.17) is 4.74 Å². The summed E-state index contributed by atoms with van der Waals surface area (Å²) in [5.41, 5.74) is 10.1. The Kier molecular flexibility index (Phi) is 4.31. The molecule has 0 saturated carbocycles. The molecular formula is C22H26NO+. The molecule has 2 nitrogen and oxygen atoms in total. The molecule has 2 heteroatoms. The van der Waals surface area contributed by atoms with Crippen molar-refractivity contribution in [2.24, 2.45) is 0 Å². The Morgan fingerprint density at radius 2 is 1.42 bits per heavy atom. The van der Waals surface area contributed by atoms with Crippen molar-refractivity contribution in [3.63, 3.8) is 0 Å². The first-order valence-corrected chi connectivity index (χ1v) is 8.48. The molecule has 0 spiro atoms. The Labute approximate surface area is 145 Å². The van der Waals surface area contributed by atoms with Crippen LogP contribution >= 0.6 is 0 Å². The highest BCUT2D eigenvalue weighted by molar-refractivity contribution is 5.96. The van der Waals surface area contributed by atoms with E-state index in [9.17, 15) is 0 Å². The summed E-state index contributed by atoms with van der Waals surface area (Å²) >= 11 is 0. The van der Waals surface area contributed by atoms with Crippen LogP contribution in [0.15, 0.2) is 36.4 Å². The molecule has 2 aromatic rings. The fourth-order valence-electron chi connectivity index (χ4n) is 3.73. The van der Waals surface area contributed by atoms with Crippen molar-refractivity contribution in [2.75, 3.05) is 6.73 Å². The fourth-order valence-corrected chi connectivity index (χ4v) is 3.73. The lowest BCUT2D eigenvalue weighted by molar-refractivity contribution is -0.485. The van der Waals surface area contributed by atoms with E-state index in [0.29, 0.717) is 6.73 Å². The molecule has 2 aromatic carbocycles. The lowest BCUT2D eigenvalue weighted by Gasteiger charge is -2.20. The van der Waals surface area contributed by atoms with Gasteiger partial charge >= 0.3 is 0 Å².